The minimum atomic E-state index is -0.310. The molecule has 2 aromatic heterocycles. The van der Waals surface area contributed by atoms with Crippen LogP contribution in [0.1, 0.15) is 69.5 Å². The molecule has 11 nitrogen and oxygen atoms in total. The second-order valence-corrected chi connectivity index (χ2v) is 12.2. The molecule has 1 atom stereocenters. The number of hydrogen-bond acceptors (Lipinski definition) is 6. The first-order valence-corrected chi connectivity index (χ1v) is 15.8. The number of carbonyl (C=O) groups is 4. The molecule has 2 aliphatic heterocycles. The number of amides is 3. The fourth-order valence-electron chi connectivity index (χ4n) is 6.14. The van der Waals surface area contributed by atoms with Crippen molar-refractivity contribution in [1.82, 2.24) is 14.0 Å². The van der Waals surface area contributed by atoms with Gasteiger partial charge in [-0.15, -0.1) is 0 Å². The molecule has 4 heterocycles. The van der Waals surface area contributed by atoms with Crippen LogP contribution in [0.3, 0.4) is 0 Å². The van der Waals surface area contributed by atoms with Gasteiger partial charge in [0, 0.05) is 69.9 Å². The van der Waals surface area contributed by atoms with Crippen molar-refractivity contribution in [3.63, 3.8) is 0 Å². The smallest absolute Gasteiger partial charge is 0.272 e. The standard InChI is InChI=1S/C36H38N6O5/c1-22-15-29-30(37-19-28-7-5-13-42(28)36(29)46)18-33(22)47-14-6-8-34(44)38-27-17-32(41(4)21-27)35(45)39-26-11-9-24(10-12-26)25-16-31(23(2)43)40(3)20-25/h9-12,15-21,28H,5-8,13-14H2,1-4H3,(H,38,44)(H,39,45)/t28-/m0/s1. The molecule has 3 amide bonds. The van der Waals surface area contributed by atoms with E-state index in [1.165, 1.54) is 6.92 Å². The first-order chi connectivity index (χ1) is 22.6. The summed E-state index contributed by atoms with van der Waals surface area (Å²) in [4.78, 5) is 57.0. The first kappa shape index (κ1) is 31.5. The third-order valence-electron chi connectivity index (χ3n) is 8.64. The molecule has 1 fully saturated rings. The van der Waals surface area contributed by atoms with Gasteiger partial charge in [-0.2, -0.15) is 0 Å². The lowest BCUT2D eigenvalue weighted by atomic mass is 10.1. The van der Waals surface area contributed by atoms with Crippen LogP contribution in [0.25, 0.3) is 11.1 Å². The van der Waals surface area contributed by atoms with Gasteiger partial charge in [-0.25, -0.2) is 0 Å². The molecule has 0 radical (unpaired) electrons. The molecular formula is C36H38N6O5. The topological polar surface area (TPSA) is 127 Å². The first-order valence-electron chi connectivity index (χ1n) is 15.8. The number of hydrogen-bond donors (Lipinski definition) is 2. The SMILES string of the molecule is CC(=O)c1cc(-c2ccc(NC(=O)c3cc(NC(=O)CCCOc4cc5c(cc4C)C(=O)N4CCC[C@H]4C=N5)cn3C)cc2)cn1C. The van der Waals surface area contributed by atoms with Crippen molar-refractivity contribution < 1.29 is 23.9 Å². The van der Waals surface area contributed by atoms with E-state index in [0.717, 1.165) is 36.1 Å². The normalized spacial score (nSPS) is 15.2. The van der Waals surface area contributed by atoms with Gasteiger partial charge in [0.25, 0.3) is 11.8 Å². The summed E-state index contributed by atoms with van der Waals surface area (Å²) in [6.45, 7) is 4.52. The van der Waals surface area contributed by atoms with E-state index < -0.39 is 0 Å². The minimum Gasteiger partial charge on any atom is -0.493 e. The Bertz CT molecular complexity index is 1900. The van der Waals surface area contributed by atoms with Crippen molar-refractivity contribution in [2.45, 2.75) is 45.6 Å². The van der Waals surface area contributed by atoms with Gasteiger partial charge in [0.15, 0.2) is 5.78 Å². The Morgan fingerprint density at radius 1 is 0.936 bits per heavy atom. The van der Waals surface area contributed by atoms with Crippen LogP contribution in [-0.2, 0) is 18.9 Å². The third-order valence-corrected chi connectivity index (χ3v) is 8.64. The van der Waals surface area contributed by atoms with Crippen LogP contribution in [0.15, 0.2) is 65.9 Å². The van der Waals surface area contributed by atoms with E-state index >= 15 is 0 Å². The maximum atomic E-state index is 13.0. The summed E-state index contributed by atoms with van der Waals surface area (Å²) in [7, 11) is 3.58. The number of Topliss-reactive ketones (excluding diaryl/α,β-unsaturated/α-hetero) is 1. The Kier molecular flexibility index (Phi) is 8.80. The van der Waals surface area contributed by atoms with Gasteiger partial charge in [-0.1, -0.05) is 12.1 Å². The zero-order chi connectivity index (χ0) is 33.2. The van der Waals surface area contributed by atoms with Gasteiger partial charge in [0.1, 0.15) is 11.4 Å². The Morgan fingerprint density at radius 2 is 1.70 bits per heavy atom. The Labute approximate surface area is 273 Å². The number of benzene rings is 2. The van der Waals surface area contributed by atoms with E-state index in [1.807, 2.05) is 67.7 Å². The number of anilines is 2. The van der Waals surface area contributed by atoms with E-state index in [1.54, 1.807) is 34.5 Å². The second-order valence-electron chi connectivity index (χ2n) is 12.2. The van der Waals surface area contributed by atoms with Gasteiger partial charge in [-0.05, 0) is 67.6 Å². The third kappa shape index (κ3) is 6.74. The highest BCUT2D eigenvalue weighted by molar-refractivity contribution is 6.05. The number of carbonyl (C=O) groups excluding carboxylic acids is 4. The molecule has 2 aromatic carbocycles. The summed E-state index contributed by atoms with van der Waals surface area (Å²) in [5, 5.41) is 5.76. The Balaban J connectivity index is 0.993. The molecule has 0 bridgehead atoms. The summed E-state index contributed by atoms with van der Waals surface area (Å²) >= 11 is 0. The predicted octanol–water partition coefficient (Wildman–Crippen LogP) is 5.91. The molecule has 242 valence electrons. The monoisotopic (exact) mass is 634 g/mol. The molecular weight excluding hydrogens is 596 g/mol. The van der Waals surface area contributed by atoms with E-state index in [-0.39, 0.29) is 36.0 Å². The molecule has 11 heteroatoms. The van der Waals surface area contributed by atoms with Gasteiger partial charge in [-0.3, -0.25) is 24.2 Å². The number of ketones is 1. The summed E-state index contributed by atoms with van der Waals surface area (Å²) in [5.41, 5.74) is 6.06. The van der Waals surface area contributed by atoms with Gasteiger partial charge >= 0.3 is 0 Å². The summed E-state index contributed by atoms with van der Waals surface area (Å²) in [5.74, 6) is 0.154. The molecule has 2 N–H and O–H groups in total. The predicted molar refractivity (Wildman–Crippen MR) is 181 cm³/mol. The van der Waals surface area contributed by atoms with Gasteiger partial charge in [0.05, 0.1) is 35.3 Å². The number of nitrogens with zero attached hydrogens (tertiary/aromatic N) is 4. The lowest BCUT2D eigenvalue weighted by Crippen LogP contribution is -2.35. The van der Waals surface area contributed by atoms with E-state index in [0.29, 0.717) is 52.8 Å². The maximum absolute atomic E-state index is 13.0. The second kappa shape index (κ2) is 13.1. The van der Waals surface area contributed by atoms with Crippen LogP contribution in [0, 0.1) is 6.92 Å². The lowest BCUT2D eigenvalue weighted by Gasteiger charge is -2.20. The van der Waals surface area contributed by atoms with Gasteiger partial charge in [0.2, 0.25) is 5.91 Å². The number of aryl methyl sites for hydroxylation is 3. The molecule has 0 spiro atoms. The number of aromatic nitrogens is 2. The fraction of sp³-hybridized carbons (Fsp3) is 0.306. The molecule has 1 saturated heterocycles. The average Bonchev–Trinajstić information content (AvgIpc) is 3.75. The van der Waals surface area contributed by atoms with Crippen LogP contribution < -0.4 is 15.4 Å². The van der Waals surface area contributed by atoms with Gasteiger partial charge < -0.3 is 29.4 Å². The highest BCUT2D eigenvalue weighted by Gasteiger charge is 2.32. The quantitative estimate of drug-likeness (QED) is 0.166. The number of fused-ring (bicyclic) bond motifs is 2. The summed E-state index contributed by atoms with van der Waals surface area (Å²) < 4.78 is 9.44. The van der Waals surface area contributed by atoms with Crippen molar-refractivity contribution in [1.29, 1.82) is 0 Å². The number of nitrogens with one attached hydrogen (secondary N) is 2. The van der Waals surface area contributed by atoms with Crippen LogP contribution in [0.2, 0.25) is 0 Å². The van der Waals surface area contributed by atoms with Crippen molar-refractivity contribution in [3.8, 4) is 16.9 Å². The summed E-state index contributed by atoms with van der Waals surface area (Å²) in [6.07, 6.45) is 8.08. The summed E-state index contributed by atoms with van der Waals surface area (Å²) in [6, 6.07) is 14.6. The number of aliphatic imine (C=N–C) groups is 1. The van der Waals surface area contributed by atoms with E-state index in [2.05, 4.69) is 15.6 Å². The molecule has 47 heavy (non-hydrogen) atoms. The fourth-order valence-corrected chi connectivity index (χ4v) is 6.14. The molecule has 0 aliphatic carbocycles. The Hall–Kier alpha value is -5.45. The number of ether oxygens (including phenoxy) is 1. The van der Waals surface area contributed by atoms with Crippen molar-refractivity contribution in [2.75, 3.05) is 23.8 Å². The highest BCUT2D eigenvalue weighted by Crippen LogP contribution is 2.34. The van der Waals surface area contributed by atoms with Crippen LogP contribution in [0.5, 0.6) is 5.75 Å². The molecule has 2 aliphatic rings. The zero-order valence-corrected chi connectivity index (χ0v) is 27.0. The number of rotatable bonds is 10. The Morgan fingerprint density at radius 3 is 2.45 bits per heavy atom. The molecule has 0 saturated carbocycles. The largest absolute Gasteiger partial charge is 0.493 e. The van der Waals surface area contributed by atoms with Crippen LogP contribution >= 0.6 is 0 Å². The average molecular weight is 635 g/mol. The van der Waals surface area contributed by atoms with Crippen molar-refractivity contribution >= 4 is 46.8 Å². The van der Waals surface area contributed by atoms with Crippen LogP contribution in [0.4, 0.5) is 17.1 Å². The minimum absolute atomic E-state index is 0.00227. The molecule has 6 rings (SSSR count). The highest BCUT2D eigenvalue weighted by atomic mass is 16.5. The van der Waals surface area contributed by atoms with Crippen molar-refractivity contribution in [2.24, 2.45) is 19.1 Å². The van der Waals surface area contributed by atoms with Crippen LogP contribution in [-0.4, -0.2) is 62.9 Å². The van der Waals surface area contributed by atoms with E-state index in [9.17, 15) is 19.2 Å². The zero-order valence-electron chi connectivity index (χ0n) is 27.0. The molecule has 4 aromatic rings. The lowest BCUT2D eigenvalue weighted by molar-refractivity contribution is -0.116. The molecule has 0 unspecified atom stereocenters. The van der Waals surface area contributed by atoms with E-state index in [4.69, 9.17) is 4.74 Å². The maximum Gasteiger partial charge on any atom is 0.272 e. The van der Waals surface area contributed by atoms with Crippen molar-refractivity contribution in [3.05, 3.63) is 83.4 Å².